The number of halogens is 3. The van der Waals surface area contributed by atoms with Gasteiger partial charge >= 0.3 is 0 Å². The maximum Gasteiger partial charge on any atom is 0.0923 e. The first kappa shape index (κ1) is 14.7. The summed E-state index contributed by atoms with van der Waals surface area (Å²) in [6.45, 7) is 3.92. The Bertz CT molecular complexity index is 583. The molecule has 0 unspecified atom stereocenters. The zero-order valence-corrected chi connectivity index (χ0v) is 12.5. The van der Waals surface area contributed by atoms with E-state index in [-0.39, 0.29) is 12.4 Å². The normalized spacial score (nSPS) is 15.4. The lowest BCUT2D eigenvalue weighted by Gasteiger charge is -2.30. The van der Waals surface area contributed by atoms with Gasteiger partial charge in [0.25, 0.3) is 0 Å². The highest BCUT2D eigenvalue weighted by Crippen LogP contribution is 2.35. The first-order chi connectivity index (χ1) is 8.77. The molecule has 3 rings (SSSR count). The van der Waals surface area contributed by atoms with Crippen LogP contribution in [0.25, 0.3) is 10.9 Å². The Morgan fingerprint density at radius 1 is 1.05 bits per heavy atom. The minimum absolute atomic E-state index is 0. The molecule has 2 heterocycles. The highest BCUT2D eigenvalue weighted by Gasteiger charge is 2.16. The van der Waals surface area contributed by atoms with Crippen LogP contribution in [0.4, 0.5) is 5.69 Å². The van der Waals surface area contributed by atoms with Crippen molar-refractivity contribution in [3.8, 4) is 0 Å². The standard InChI is InChI=1S/C13H13Cl2N3.ClH/c14-9-1-2-10(15)13-12(9)11(3-4-17-13)18-7-5-16-6-8-18;/h1-4,16H,5-8H2;1H. The maximum absolute atomic E-state index is 6.31. The molecule has 102 valence electrons. The Labute approximate surface area is 128 Å². The van der Waals surface area contributed by atoms with Gasteiger partial charge in [-0.05, 0) is 18.2 Å². The molecule has 3 nitrogen and oxygen atoms in total. The molecule has 1 aromatic carbocycles. The molecule has 1 saturated heterocycles. The van der Waals surface area contributed by atoms with Crippen LogP contribution in [0.2, 0.25) is 10.0 Å². The van der Waals surface area contributed by atoms with Crippen LogP contribution in [-0.2, 0) is 0 Å². The molecule has 1 aliphatic rings. The van der Waals surface area contributed by atoms with Crippen molar-refractivity contribution in [2.24, 2.45) is 0 Å². The van der Waals surface area contributed by atoms with Gasteiger partial charge in [0.1, 0.15) is 0 Å². The predicted octanol–water partition coefficient (Wildman–Crippen LogP) is 3.37. The second kappa shape index (κ2) is 6.14. The van der Waals surface area contributed by atoms with Gasteiger partial charge in [-0.25, -0.2) is 0 Å². The predicted molar refractivity (Wildman–Crippen MR) is 84.1 cm³/mol. The van der Waals surface area contributed by atoms with Crippen molar-refractivity contribution < 1.29 is 0 Å². The summed E-state index contributed by atoms with van der Waals surface area (Å²) in [5.41, 5.74) is 1.90. The lowest BCUT2D eigenvalue weighted by molar-refractivity contribution is 0.590. The SMILES string of the molecule is Cl.Clc1ccc(Cl)c2c(N3CCNCC3)ccnc12. The summed E-state index contributed by atoms with van der Waals surface area (Å²) in [6, 6.07) is 5.64. The van der Waals surface area contributed by atoms with Crippen molar-refractivity contribution in [1.82, 2.24) is 10.3 Å². The molecular formula is C13H14Cl3N3. The maximum atomic E-state index is 6.31. The van der Waals surface area contributed by atoms with Crippen LogP contribution >= 0.6 is 35.6 Å². The van der Waals surface area contributed by atoms with E-state index >= 15 is 0 Å². The quantitative estimate of drug-likeness (QED) is 0.874. The molecule has 1 aromatic heterocycles. The van der Waals surface area contributed by atoms with E-state index < -0.39 is 0 Å². The average molecular weight is 319 g/mol. The van der Waals surface area contributed by atoms with Crippen molar-refractivity contribution in [2.45, 2.75) is 0 Å². The van der Waals surface area contributed by atoms with Gasteiger partial charge < -0.3 is 10.2 Å². The number of nitrogens with one attached hydrogen (secondary N) is 1. The van der Waals surface area contributed by atoms with Crippen LogP contribution in [0.3, 0.4) is 0 Å². The number of anilines is 1. The van der Waals surface area contributed by atoms with E-state index in [1.54, 1.807) is 12.3 Å². The van der Waals surface area contributed by atoms with Crippen molar-refractivity contribution >= 4 is 52.2 Å². The fraction of sp³-hybridized carbons (Fsp3) is 0.308. The van der Waals surface area contributed by atoms with Gasteiger partial charge in [0.05, 0.1) is 15.6 Å². The topological polar surface area (TPSA) is 28.2 Å². The lowest BCUT2D eigenvalue weighted by atomic mass is 10.1. The highest BCUT2D eigenvalue weighted by atomic mass is 35.5. The Kier molecular flexibility index (Phi) is 4.74. The number of rotatable bonds is 1. The average Bonchev–Trinajstić information content (AvgIpc) is 2.43. The molecule has 1 N–H and O–H groups in total. The van der Waals surface area contributed by atoms with Crippen molar-refractivity contribution in [3.05, 3.63) is 34.4 Å². The summed E-state index contributed by atoms with van der Waals surface area (Å²) >= 11 is 12.5. The Morgan fingerprint density at radius 3 is 2.47 bits per heavy atom. The fourth-order valence-corrected chi connectivity index (χ4v) is 2.80. The van der Waals surface area contributed by atoms with Crippen LogP contribution in [-0.4, -0.2) is 31.2 Å². The number of piperazine rings is 1. The number of pyridine rings is 1. The molecule has 0 spiro atoms. The summed E-state index contributed by atoms with van der Waals surface area (Å²) < 4.78 is 0. The van der Waals surface area contributed by atoms with Gasteiger partial charge in [-0.1, -0.05) is 23.2 Å². The number of nitrogens with zero attached hydrogens (tertiary/aromatic N) is 2. The zero-order chi connectivity index (χ0) is 12.5. The number of hydrogen-bond donors (Lipinski definition) is 1. The molecule has 0 bridgehead atoms. The van der Waals surface area contributed by atoms with Gasteiger partial charge in [0.2, 0.25) is 0 Å². The molecular weight excluding hydrogens is 305 g/mol. The molecule has 0 atom stereocenters. The summed E-state index contributed by atoms with van der Waals surface area (Å²) in [4.78, 5) is 6.66. The van der Waals surface area contributed by atoms with E-state index in [9.17, 15) is 0 Å². The van der Waals surface area contributed by atoms with Crippen LogP contribution in [0.1, 0.15) is 0 Å². The number of fused-ring (bicyclic) bond motifs is 1. The van der Waals surface area contributed by atoms with Crippen LogP contribution in [0, 0.1) is 0 Å². The first-order valence-corrected chi connectivity index (χ1v) is 6.71. The number of aromatic nitrogens is 1. The second-order valence-corrected chi connectivity index (χ2v) is 5.13. The minimum Gasteiger partial charge on any atom is -0.368 e. The van der Waals surface area contributed by atoms with Gasteiger partial charge in [0, 0.05) is 43.4 Å². The van der Waals surface area contributed by atoms with Crippen molar-refractivity contribution in [2.75, 3.05) is 31.1 Å². The minimum atomic E-state index is 0. The van der Waals surface area contributed by atoms with Crippen LogP contribution < -0.4 is 10.2 Å². The Hall–Kier alpha value is -0.740. The van der Waals surface area contributed by atoms with Crippen molar-refractivity contribution in [1.29, 1.82) is 0 Å². The molecule has 1 fully saturated rings. The molecule has 19 heavy (non-hydrogen) atoms. The van der Waals surface area contributed by atoms with E-state index in [1.807, 2.05) is 12.1 Å². The smallest absolute Gasteiger partial charge is 0.0923 e. The molecule has 0 aliphatic carbocycles. The van der Waals surface area contributed by atoms with E-state index in [2.05, 4.69) is 15.2 Å². The van der Waals surface area contributed by atoms with E-state index in [1.165, 1.54) is 0 Å². The van der Waals surface area contributed by atoms with Gasteiger partial charge in [0.15, 0.2) is 0 Å². The van der Waals surface area contributed by atoms with Gasteiger partial charge in [-0.3, -0.25) is 4.98 Å². The zero-order valence-electron chi connectivity index (χ0n) is 10.2. The highest BCUT2D eigenvalue weighted by molar-refractivity contribution is 6.40. The third kappa shape index (κ3) is 2.75. The third-order valence-electron chi connectivity index (χ3n) is 3.23. The van der Waals surface area contributed by atoms with E-state index in [4.69, 9.17) is 23.2 Å². The molecule has 6 heteroatoms. The van der Waals surface area contributed by atoms with E-state index in [0.717, 1.165) is 42.8 Å². The summed E-state index contributed by atoms with van der Waals surface area (Å²) in [7, 11) is 0. The summed E-state index contributed by atoms with van der Waals surface area (Å²) in [5, 5.41) is 5.64. The van der Waals surface area contributed by atoms with E-state index in [0.29, 0.717) is 10.0 Å². The van der Waals surface area contributed by atoms with Crippen LogP contribution in [0.5, 0.6) is 0 Å². The molecule has 0 amide bonds. The second-order valence-electron chi connectivity index (χ2n) is 4.32. The monoisotopic (exact) mass is 317 g/mol. The lowest BCUT2D eigenvalue weighted by Crippen LogP contribution is -2.43. The third-order valence-corrected chi connectivity index (χ3v) is 3.85. The first-order valence-electron chi connectivity index (χ1n) is 5.96. The molecule has 2 aromatic rings. The van der Waals surface area contributed by atoms with Crippen LogP contribution in [0.15, 0.2) is 24.4 Å². The molecule has 0 saturated carbocycles. The molecule has 1 aliphatic heterocycles. The fourth-order valence-electron chi connectivity index (χ4n) is 2.35. The molecule has 0 radical (unpaired) electrons. The Morgan fingerprint density at radius 2 is 1.74 bits per heavy atom. The number of hydrogen-bond acceptors (Lipinski definition) is 3. The summed E-state index contributed by atoms with van der Waals surface area (Å²) in [5.74, 6) is 0. The summed E-state index contributed by atoms with van der Waals surface area (Å²) in [6.07, 6.45) is 1.79. The van der Waals surface area contributed by atoms with Gasteiger partial charge in [-0.15, -0.1) is 12.4 Å². The number of benzene rings is 1. The van der Waals surface area contributed by atoms with Crippen molar-refractivity contribution in [3.63, 3.8) is 0 Å². The largest absolute Gasteiger partial charge is 0.368 e. The van der Waals surface area contributed by atoms with Gasteiger partial charge in [-0.2, -0.15) is 0 Å². The Balaban J connectivity index is 0.00000133.